The van der Waals surface area contributed by atoms with Gasteiger partial charge in [0.25, 0.3) is 0 Å². The molecule has 1 saturated carbocycles. The molecular formula is C18H19F2N. The Hall–Kier alpha value is -1.74. The molecule has 2 aromatic carbocycles. The molecule has 0 saturated heterocycles. The van der Waals surface area contributed by atoms with Crippen LogP contribution in [-0.4, -0.2) is 7.05 Å². The zero-order valence-electron chi connectivity index (χ0n) is 12.3. The Morgan fingerprint density at radius 3 is 2.29 bits per heavy atom. The molecular weight excluding hydrogens is 268 g/mol. The first kappa shape index (κ1) is 14.2. The maximum atomic E-state index is 14.5. The molecule has 0 amide bonds. The van der Waals surface area contributed by atoms with Gasteiger partial charge in [0.15, 0.2) is 0 Å². The number of likely N-dealkylation sites (N-methyl/N-ethyl adjacent to an activating group) is 1. The summed E-state index contributed by atoms with van der Waals surface area (Å²) in [6.45, 7) is 1.67. The highest BCUT2D eigenvalue weighted by atomic mass is 19.1. The molecule has 2 aromatic rings. The molecule has 1 N–H and O–H groups in total. The fourth-order valence-corrected chi connectivity index (χ4v) is 3.29. The van der Waals surface area contributed by atoms with Gasteiger partial charge in [-0.05, 0) is 44.0 Å². The van der Waals surface area contributed by atoms with E-state index in [9.17, 15) is 8.78 Å². The summed E-state index contributed by atoms with van der Waals surface area (Å²) >= 11 is 0. The first-order valence-electron chi connectivity index (χ1n) is 7.27. The second kappa shape index (κ2) is 5.23. The van der Waals surface area contributed by atoms with E-state index >= 15 is 0 Å². The third-order valence-electron chi connectivity index (χ3n) is 4.59. The minimum absolute atomic E-state index is 0.166. The second-order valence-corrected chi connectivity index (χ2v) is 5.84. The molecule has 3 heteroatoms. The second-order valence-electron chi connectivity index (χ2n) is 5.84. The molecule has 0 radical (unpaired) electrons. The van der Waals surface area contributed by atoms with Gasteiger partial charge in [-0.3, -0.25) is 0 Å². The molecule has 0 bridgehead atoms. The van der Waals surface area contributed by atoms with Crippen molar-refractivity contribution in [3.05, 3.63) is 70.8 Å². The van der Waals surface area contributed by atoms with E-state index in [1.807, 2.05) is 30.3 Å². The van der Waals surface area contributed by atoms with Crippen LogP contribution >= 0.6 is 0 Å². The van der Waals surface area contributed by atoms with Crippen molar-refractivity contribution in [2.45, 2.75) is 31.2 Å². The van der Waals surface area contributed by atoms with Crippen LogP contribution in [0, 0.1) is 18.6 Å². The normalized spacial score (nSPS) is 17.5. The Labute approximate surface area is 124 Å². The average molecular weight is 287 g/mol. The van der Waals surface area contributed by atoms with E-state index in [4.69, 9.17) is 0 Å². The summed E-state index contributed by atoms with van der Waals surface area (Å²) in [5.41, 5.74) is 1.59. The molecule has 0 heterocycles. The highest BCUT2D eigenvalue weighted by molar-refractivity contribution is 5.40. The van der Waals surface area contributed by atoms with Crippen molar-refractivity contribution in [2.24, 2.45) is 0 Å². The van der Waals surface area contributed by atoms with Crippen LogP contribution in [0.5, 0.6) is 0 Å². The van der Waals surface area contributed by atoms with Crippen molar-refractivity contribution in [1.82, 2.24) is 5.32 Å². The van der Waals surface area contributed by atoms with Gasteiger partial charge >= 0.3 is 0 Å². The first-order chi connectivity index (χ1) is 10.1. The zero-order chi connectivity index (χ0) is 15.0. The summed E-state index contributed by atoms with van der Waals surface area (Å²) in [6, 6.07) is 12.5. The minimum Gasteiger partial charge on any atom is -0.312 e. The highest BCUT2D eigenvalue weighted by Gasteiger charge is 2.52. The summed E-state index contributed by atoms with van der Waals surface area (Å²) in [4.78, 5) is 0. The predicted octanol–water partition coefficient (Wildman–Crippen LogP) is 4.27. The molecule has 1 unspecified atom stereocenters. The number of hydrogen-bond donors (Lipinski definition) is 1. The average Bonchev–Trinajstić information content (AvgIpc) is 3.30. The number of rotatable bonds is 4. The van der Waals surface area contributed by atoms with Crippen LogP contribution in [0.2, 0.25) is 0 Å². The maximum absolute atomic E-state index is 14.5. The van der Waals surface area contributed by atoms with Gasteiger partial charge in [-0.25, -0.2) is 8.78 Å². The summed E-state index contributed by atoms with van der Waals surface area (Å²) in [5.74, 6) is -0.906. The molecule has 1 fully saturated rings. The number of halogens is 2. The van der Waals surface area contributed by atoms with E-state index in [0.717, 1.165) is 18.4 Å². The van der Waals surface area contributed by atoms with E-state index in [0.29, 0.717) is 5.56 Å². The van der Waals surface area contributed by atoms with Gasteiger partial charge < -0.3 is 5.32 Å². The first-order valence-corrected chi connectivity index (χ1v) is 7.27. The van der Waals surface area contributed by atoms with E-state index in [1.54, 1.807) is 14.0 Å². The molecule has 3 rings (SSSR count). The van der Waals surface area contributed by atoms with Crippen LogP contribution in [0.3, 0.4) is 0 Å². The maximum Gasteiger partial charge on any atom is 0.133 e. The smallest absolute Gasteiger partial charge is 0.133 e. The van der Waals surface area contributed by atoms with E-state index in [1.165, 1.54) is 12.1 Å². The Morgan fingerprint density at radius 1 is 1.05 bits per heavy atom. The standard InChI is InChI=1S/C18H19F2N/c1-12-8-9-14(19)15(16(12)20)17(21-2)18(10-11-18)13-6-4-3-5-7-13/h3-9,17,21H,10-11H2,1-2H3. The molecule has 0 spiro atoms. The number of benzene rings is 2. The van der Waals surface area contributed by atoms with Gasteiger partial charge in [-0.2, -0.15) is 0 Å². The zero-order valence-corrected chi connectivity index (χ0v) is 12.3. The predicted molar refractivity (Wildman–Crippen MR) is 80.2 cm³/mol. The Balaban J connectivity index is 2.10. The van der Waals surface area contributed by atoms with Gasteiger partial charge in [0.2, 0.25) is 0 Å². The quantitative estimate of drug-likeness (QED) is 0.885. The molecule has 1 atom stereocenters. The van der Waals surface area contributed by atoms with Crippen molar-refractivity contribution in [1.29, 1.82) is 0 Å². The van der Waals surface area contributed by atoms with Crippen molar-refractivity contribution in [3.8, 4) is 0 Å². The molecule has 1 nitrogen and oxygen atoms in total. The monoisotopic (exact) mass is 287 g/mol. The Kier molecular flexibility index (Phi) is 3.54. The number of hydrogen-bond acceptors (Lipinski definition) is 1. The lowest BCUT2D eigenvalue weighted by molar-refractivity contribution is 0.416. The van der Waals surface area contributed by atoms with Crippen molar-refractivity contribution >= 4 is 0 Å². The minimum atomic E-state index is -0.473. The van der Waals surface area contributed by atoms with Gasteiger partial charge in [-0.15, -0.1) is 0 Å². The Morgan fingerprint density at radius 2 is 1.71 bits per heavy atom. The molecule has 0 aliphatic heterocycles. The van der Waals surface area contributed by atoms with Crippen LogP contribution < -0.4 is 5.32 Å². The van der Waals surface area contributed by atoms with Crippen molar-refractivity contribution in [2.75, 3.05) is 7.05 Å². The van der Waals surface area contributed by atoms with Crippen LogP contribution in [-0.2, 0) is 5.41 Å². The van der Waals surface area contributed by atoms with Crippen molar-refractivity contribution < 1.29 is 8.78 Å². The van der Waals surface area contributed by atoms with Gasteiger partial charge in [0.1, 0.15) is 11.6 Å². The highest BCUT2D eigenvalue weighted by Crippen LogP contribution is 2.57. The fourth-order valence-electron chi connectivity index (χ4n) is 3.29. The lowest BCUT2D eigenvalue weighted by atomic mass is 9.83. The summed E-state index contributed by atoms with van der Waals surface area (Å²) < 4.78 is 28.8. The van der Waals surface area contributed by atoms with Crippen LogP contribution in [0.15, 0.2) is 42.5 Å². The van der Waals surface area contributed by atoms with Gasteiger partial charge in [0.05, 0.1) is 0 Å². The topological polar surface area (TPSA) is 12.0 Å². The van der Waals surface area contributed by atoms with Crippen LogP contribution in [0.1, 0.15) is 35.6 Å². The van der Waals surface area contributed by atoms with E-state index in [2.05, 4.69) is 5.32 Å². The van der Waals surface area contributed by atoms with Crippen LogP contribution in [0.25, 0.3) is 0 Å². The molecule has 0 aromatic heterocycles. The van der Waals surface area contributed by atoms with Gasteiger partial charge in [-0.1, -0.05) is 36.4 Å². The summed E-state index contributed by atoms with van der Waals surface area (Å²) in [5, 5.41) is 3.15. The lowest BCUT2D eigenvalue weighted by Gasteiger charge is -2.28. The SMILES string of the molecule is CNC(c1c(F)ccc(C)c1F)C1(c2ccccc2)CC1. The molecule has 1 aliphatic rings. The van der Waals surface area contributed by atoms with Crippen LogP contribution in [0.4, 0.5) is 8.78 Å². The largest absolute Gasteiger partial charge is 0.312 e. The fraction of sp³-hybridized carbons (Fsp3) is 0.333. The summed E-state index contributed by atoms with van der Waals surface area (Å²) in [6.07, 6.45) is 1.88. The molecule has 1 aliphatic carbocycles. The van der Waals surface area contributed by atoms with E-state index < -0.39 is 11.6 Å². The third-order valence-corrected chi connectivity index (χ3v) is 4.59. The number of aryl methyl sites for hydroxylation is 1. The Bertz CT molecular complexity index is 648. The van der Waals surface area contributed by atoms with Crippen molar-refractivity contribution in [3.63, 3.8) is 0 Å². The molecule has 110 valence electrons. The lowest BCUT2D eigenvalue weighted by Crippen LogP contribution is -2.31. The van der Waals surface area contributed by atoms with Gasteiger partial charge in [0, 0.05) is 17.0 Å². The molecule has 21 heavy (non-hydrogen) atoms. The van der Waals surface area contributed by atoms with E-state index in [-0.39, 0.29) is 17.0 Å². The third kappa shape index (κ3) is 2.26. The summed E-state index contributed by atoms with van der Waals surface area (Å²) in [7, 11) is 1.77. The number of nitrogens with one attached hydrogen (secondary N) is 1.